The molecule has 0 spiro atoms. The number of ether oxygens (including phenoxy) is 3. The molecule has 388 valence electrons. The third-order valence-corrected chi connectivity index (χ3v) is 12.5. The fraction of sp³-hybridized carbons (Fsp3) is 0.787. The van der Waals surface area contributed by atoms with Gasteiger partial charge in [-0.15, -0.1) is 0 Å². The Bertz CT molecular complexity index is 1210. The normalized spacial score (nSPS) is 12.5. The number of carbonyl (C=O) groups excluding carboxylic acids is 3. The van der Waals surface area contributed by atoms with E-state index in [4.69, 9.17) is 14.2 Å². The fourth-order valence-electron chi connectivity index (χ4n) is 8.13. The van der Waals surface area contributed by atoms with Crippen LogP contribution in [-0.4, -0.2) is 37.2 Å². The van der Waals surface area contributed by atoms with Crippen LogP contribution in [0.15, 0.2) is 60.8 Å². The van der Waals surface area contributed by atoms with Gasteiger partial charge in [0.2, 0.25) is 0 Å². The fourth-order valence-corrected chi connectivity index (χ4v) is 8.13. The van der Waals surface area contributed by atoms with Gasteiger partial charge in [-0.2, -0.15) is 0 Å². The molecule has 0 rings (SSSR count). The van der Waals surface area contributed by atoms with E-state index in [0.29, 0.717) is 19.3 Å². The Balaban J connectivity index is 4.40. The highest BCUT2D eigenvalue weighted by Crippen LogP contribution is 2.15. The van der Waals surface area contributed by atoms with Crippen molar-refractivity contribution in [3.05, 3.63) is 60.8 Å². The SMILES string of the molecule is CCCCC/C=C\C/C=C\C/C=C\C/C=C\CCCCCC(=O)OC[C@H](COC(=O)CCCCCCCCC/C=C\CCCCCCCC)OC(=O)CCCCCCCCCCCCCCC. The molecule has 0 saturated carbocycles. The van der Waals surface area contributed by atoms with Crippen molar-refractivity contribution in [2.45, 2.75) is 297 Å². The molecule has 0 bridgehead atoms. The summed E-state index contributed by atoms with van der Waals surface area (Å²) in [6.07, 6.45) is 69.2. The van der Waals surface area contributed by atoms with Gasteiger partial charge in [-0.3, -0.25) is 14.4 Å². The summed E-state index contributed by atoms with van der Waals surface area (Å²) >= 11 is 0. The Hall–Kier alpha value is -2.89. The zero-order valence-electron chi connectivity index (χ0n) is 44.4. The van der Waals surface area contributed by atoms with Crippen molar-refractivity contribution in [1.82, 2.24) is 0 Å². The monoisotopic (exact) mass is 937 g/mol. The number of unbranched alkanes of at least 4 members (excludes halogenated alkanes) is 31. The van der Waals surface area contributed by atoms with Gasteiger partial charge in [-0.25, -0.2) is 0 Å². The van der Waals surface area contributed by atoms with Crippen LogP contribution in [0.25, 0.3) is 0 Å². The molecule has 0 aliphatic carbocycles. The van der Waals surface area contributed by atoms with Gasteiger partial charge in [-0.05, 0) is 89.9 Å². The maximum absolute atomic E-state index is 12.8. The summed E-state index contributed by atoms with van der Waals surface area (Å²) < 4.78 is 16.8. The molecule has 0 amide bonds. The van der Waals surface area contributed by atoms with Gasteiger partial charge < -0.3 is 14.2 Å². The molecule has 6 heteroatoms. The molecule has 0 aromatic rings. The lowest BCUT2D eigenvalue weighted by atomic mass is 10.0. The number of rotatable bonds is 52. The van der Waals surface area contributed by atoms with E-state index in [0.717, 1.165) is 83.5 Å². The van der Waals surface area contributed by atoms with Crippen LogP contribution < -0.4 is 0 Å². The Morgan fingerprint density at radius 1 is 0.299 bits per heavy atom. The number of allylic oxidation sites excluding steroid dienone is 10. The van der Waals surface area contributed by atoms with Crippen molar-refractivity contribution in [2.75, 3.05) is 13.2 Å². The molecule has 0 heterocycles. The lowest BCUT2D eigenvalue weighted by Gasteiger charge is -2.18. The first-order valence-electron chi connectivity index (χ1n) is 28.8. The van der Waals surface area contributed by atoms with Gasteiger partial charge in [0.25, 0.3) is 0 Å². The van der Waals surface area contributed by atoms with Crippen LogP contribution in [0.4, 0.5) is 0 Å². The van der Waals surface area contributed by atoms with Crippen LogP contribution in [0.5, 0.6) is 0 Å². The summed E-state index contributed by atoms with van der Waals surface area (Å²) in [5.74, 6) is -0.909. The molecule has 0 N–H and O–H groups in total. The first kappa shape index (κ1) is 64.1. The molecule has 0 aliphatic heterocycles. The highest BCUT2D eigenvalue weighted by atomic mass is 16.6. The van der Waals surface area contributed by atoms with E-state index < -0.39 is 6.10 Å². The maximum Gasteiger partial charge on any atom is 0.306 e. The minimum atomic E-state index is -0.787. The van der Waals surface area contributed by atoms with Crippen molar-refractivity contribution in [1.29, 1.82) is 0 Å². The molecular formula is C61H108O6. The van der Waals surface area contributed by atoms with Crippen molar-refractivity contribution in [3.8, 4) is 0 Å². The van der Waals surface area contributed by atoms with Gasteiger partial charge in [0.05, 0.1) is 0 Å². The number of esters is 3. The highest BCUT2D eigenvalue weighted by Gasteiger charge is 2.19. The Labute approximate surface area is 415 Å². The van der Waals surface area contributed by atoms with Crippen molar-refractivity contribution in [3.63, 3.8) is 0 Å². The largest absolute Gasteiger partial charge is 0.462 e. The predicted molar refractivity (Wildman–Crippen MR) is 288 cm³/mol. The smallest absolute Gasteiger partial charge is 0.306 e. The number of hydrogen-bond acceptors (Lipinski definition) is 6. The summed E-state index contributed by atoms with van der Waals surface area (Å²) in [5.41, 5.74) is 0. The van der Waals surface area contributed by atoms with E-state index in [9.17, 15) is 14.4 Å². The van der Waals surface area contributed by atoms with E-state index in [-0.39, 0.29) is 31.1 Å². The highest BCUT2D eigenvalue weighted by molar-refractivity contribution is 5.71. The zero-order chi connectivity index (χ0) is 48.6. The van der Waals surface area contributed by atoms with E-state index in [2.05, 4.69) is 81.5 Å². The van der Waals surface area contributed by atoms with Crippen molar-refractivity contribution >= 4 is 17.9 Å². The van der Waals surface area contributed by atoms with Gasteiger partial charge in [0.15, 0.2) is 6.10 Å². The molecule has 6 nitrogen and oxygen atoms in total. The van der Waals surface area contributed by atoms with Crippen LogP contribution >= 0.6 is 0 Å². The van der Waals surface area contributed by atoms with Crippen LogP contribution in [0.1, 0.15) is 290 Å². The second-order valence-electron chi connectivity index (χ2n) is 19.2. The molecule has 0 unspecified atom stereocenters. The molecule has 1 atom stereocenters. The van der Waals surface area contributed by atoms with Gasteiger partial charge >= 0.3 is 17.9 Å². The molecule has 0 aliphatic rings. The average molecular weight is 938 g/mol. The molecule has 0 fully saturated rings. The third-order valence-electron chi connectivity index (χ3n) is 12.5. The summed E-state index contributed by atoms with van der Waals surface area (Å²) in [6.45, 7) is 6.60. The molecule has 0 saturated heterocycles. The summed E-state index contributed by atoms with van der Waals surface area (Å²) in [4.78, 5) is 38.1. The maximum atomic E-state index is 12.8. The van der Waals surface area contributed by atoms with Crippen LogP contribution in [0.2, 0.25) is 0 Å². The Morgan fingerprint density at radius 2 is 0.537 bits per heavy atom. The van der Waals surface area contributed by atoms with Crippen LogP contribution in [-0.2, 0) is 28.6 Å². The van der Waals surface area contributed by atoms with E-state index in [1.54, 1.807) is 0 Å². The lowest BCUT2D eigenvalue weighted by Crippen LogP contribution is -2.30. The first-order valence-corrected chi connectivity index (χ1v) is 28.8. The second kappa shape index (κ2) is 55.7. The van der Waals surface area contributed by atoms with Gasteiger partial charge in [-0.1, -0.05) is 242 Å². The van der Waals surface area contributed by atoms with E-state index in [1.165, 1.54) is 167 Å². The summed E-state index contributed by atoms with van der Waals surface area (Å²) in [6, 6.07) is 0. The van der Waals surface area contributed by atoms with E-state index >= 15 is 0 Å². The van der Waals surface area contributed by atoms with E-state index in [1.807, 2.05) is 0 Å². The van der Waals surface area contributed by atoms with Crippen LogP contribution in [0, 0.1) is 0 Å². The zero-order valence-corrected chi connectivity index (χ0v) is 44.4. The molecular weight excluding hydrogens is 829 g/mol. The van der Waals surface area contributed by atoms with Gasteiger partial charge in [0.1, 0.15) is 13.2 Å². The quantitative estimate of drug-likeness (QED) is 0.0262. The van der Waals surface area contributed by atoms with Gasteiger partial charge in [0, 0.05) is 19.3 Å². The number of carbonyl (C=O) groups is 3. The molecule has 0 radical (unpaired) electrons. The number of hydrogen-bond donors (Lipinski definition) is 0. The average Bonchev–Trinajstić information content (AvgIpc) is 3.33. The summed E-state index contributed by atoms with van der Waals surface area (Å²) in [7, 11) is 0. The first-order chi connectivity index (χ1) is 33.0. The topological polar surface area (TPSA) is 78.9 Å². The Morgan fingerprint density at radius 3 is 0.896 bits per heavy atom. The third kappa shape index (κ3) is 53.9. The lowest BCUT2D eigenvalue weighted by molar-refractivity contribution is -0.167. The van der Waals surface area contributed by atoms with Crippen LogP contribution in [0.3, 0.4) is 0 Å². The predicted octanol–water partition coefficient (Wildman–Crippen LogP) is 19.2. The minimum absolute atomic E-state index is 0.0844. The Kier molecular flexibility index (Phi) is 53.3. The molecule has 0 aromatic carbocycles. The molecule has 0 aromatic heterocycles. The van der Waals surface area contributed by atoms with Crippen molar-refractivity contribution in [2.24, 2.45) is 0 Å². The van der Waals surface area contributed by atoms with Crippen molar-refractivity contribution < 1.29 is 28.6 Å². The standard InChI is InChI=1S/C61H108O6/c1-4-7-10-13-16-19-22-25-27-29-30-32-34-37-39-42-45-48-51-54-60(63)66-57-58(67-61(64)55-52-49-46-43-40-35-24-21-18-15-12-9-6-3)56-65-59(62)53-50-47-44-41-38-36-33-31-28-26-23-20-17-14-11-8-5-2/h16,19,25-28,30,32,37,39,58H,4-15,17-18,20-24,29,31,33-36,38,40-57H2,1-3H3/b19-16-,27-25-,28-26-,32-30-,39-37-/t58-/m0/s1. The molecule has 67 heavy (non-hydrogen) atoms. The second-order valence-corrected chi connectivity index (χ2v) is 19.2. The minimum Gasteiger partial charge on any atom is -0.462 e. The summed E-state index contributed by atoms with van der Waals surface area (Å²) in [5, 5.41) is 0.